The van der Waals surface area contributed by atoms with Crippen molar-refractivity contribution in [3.63, 3.8) is 0 Å². The number of hydrogen-bond acceptors (Lipinski definition) is 5. The molecule has 144 valence electrons. The summed E-state index contributed by atoms with van der Waals surface area (Å²) in [5, 5.41) is 0. The van der Waals surface area contributed by atoms with Crippen molar-refractivity contribution >= 4 is 0 Å². The van der Waals surface area contributed by atoms with Crippen LogP contribution < -0.4 is 9.47 Å². The van der Waals surface area contributed by atoms with Crippen molar-refractivity contribution in [1.82, 2.24) is 14.8 Å². The lowest BCUT2D eigenvalue weighted by atomic mass is 9.95. The van der Waals surface area contributed by atoms with Crippen LogP contribution in [0.4, 0.5) is 0 Å². The molecule has 1 saturated heterocycles. The minimum absolute atomic E-state index is 0.622. The van der Waals surface area contributed by atoms with E-state index in [1.54, 1.807) is 14.2 Å². The highest BCUT2D eigenvalue weighted by molar-refractivity contribution is 5.48. The Bertz CT molecular complexity index is 766. The fourth-order valence-electron chi connectivity index (χ4n) is 4.44. The van der Waals surface area contributed by atoms with Gasteiger partial charge in [-0.25, -0.2) is 0 Å². The molecule has 0 spiro atoms. The highest BCUT2D eigenvalue weighted by Gasteiger charge is 2.28. The average Bonchev–Trinajstić information content (AvgIpc) is 2.73. The molecule has 4 rings (SSSR count). The molecule has 0 N–H and O–H groups in total. The molecule has 1 fully saturated rings. The molecule has 2 aliphatic rings. The minimum Gasteiger partial charge on any atom is -0.493 e. The molecule has 0 aliphatic carbocycles. The van der Waals surface area contributed by atoms with Gasteiger partial charge in [-0.05, 0) is 60.7 Å². The smallest absolute Gasteiger partial charge is 0.161 e. The van der Waals surface area contributed by atoms with E-state index in [2.05, 4.69) is 33.0 Å². The van der Waals surface area contributed by atoms with Crippen molar-refractivity contribution in [3.05, 3.63) is 53.3 Å². The number of fused-ring (bicyclic) bond motifs is 1. The molecule has 0 amide bonds. The summed E-state index contributed by atoms with van der Waals surface area (Å²) in [5.41, 5.74) is 4.08. The number of benzene rings is 1. The molecule has 1 aromatic heterocycles. The van der Waals surface area contributed by atoms with Gasteiger partial charge in [0.1, 0.15) is 0 Å². The van der Waals surface area contributed by atoms with E-state index in [-0.39, 0.29) is 0 Å². The van der Waals surface area contributed by atoms with E-state index in [9.17, 15) is 0 Å². The second-order valence-electron chi connectivity index (χ2n) is 7.59. The summed E-state index contributed by atoms with van der Waals surface area (Å²) in [6.07, 6.45) is 7.46. The number of rotatable bonds is 5. The van der Waals surface area contributed by atoms with E-state index in [4.69, 9.17) is 9.47 Å². The SMILES string of the molecule is COc1cc2c(cc1OC)CN(C1CCCN(Cc3cccnc3)C1)CC2. The number of methoxy groups -OCH3 is 2. The Kier molecular flexibility index (Phi) is 5.60. The van der Waals surface area contributed by atoms with E-state index in [1.165, 1.54) is 36.1 Å². The van der Waals surface area contributed by atoms with Crippen LogP contribution in [0.5, 0.6) is 11.5 Å². The fourth-order valence-corrected chi connectivity index (χ4v) is 4.44. The third-order valence-electron chi connectivity index (χ3n) is 5.87. The van der Waals surface area contributed by atoms with Crippen LogP contribution >= 0.6 is 0 Å². The van der Waals surface area contributed by atoms with Crippen LogP contribution in [0.1, 0.15) is 29.5 Å². The number of ether oxygens (including phenoxy) is 2. The number of likely N-dealkylation sites (tertiary alicyclic amines) is 1. The lowest BCUT2D eigenvalue weighted by Crippen LogP contribution is -2.49. The largest absolute Gasteiger partial charge is 0.493 e. The van der Waals surface area contributed by atoms with Crippen LogP contribution in [0.15, 0.2) is 36.7 Å². The van der Waals surface area contributed by atoms with Gasteiger partial charge >= 0.3 is 0 Å². The lowest BCUT2D eigenvalue weighted by molar-refractivity contribution is 0.0837. The zero-order chi connectivity index (χ0) is 18.6. The second-order valence-corrected chi connectivity index (χ2v) is 7.59. The van der Waals surface area contributed by atoms with E-state index in [0.29, 0.717) is 6.04 Å². The van der Waals surface area contributed by atoms with Gasteiger partial charge in [-0.15, -0.1) is 0 Å². The van der Waals surface area contributed by atoms with Crippen LogP contribution in [-0.2, 0) is 19.5 Å². The van der Waals surface area contributed by atoms with Crippen LogP contribution in [0.3, 0.4) is 0 Å². The van der Waals surface area contributed by atoms with Crippen molar-refractivity contribution in [2.45, 2.75) is 38.4 Å². The van der Waals surface area contributed by atoms with Gasteiger partial charge in [-0.1, -0.05) is 6.07 Å². The summed E-state index contributed by atoms with van der Waals surface area (Å²) in [6, 6.07) is 9.14. The Balaban J connectivity index is 1.43. The maximum Gasteiger partial charge on any atom is 0.161 e. The first-order valence-electron chi connectivity index (χ1n) is 9.86. The normalized spacial score (nSPS) is 20.9. The van der Waals surface area contributed by atoms with Gasteiger partial charge < -0.3 is 9.47 Å². The first-order valence-corrected chi connectivity index (χ1v) is 9.86. The zero-order valence-corrected chi connectivity index (χ0v) is 16.4. The van der Waals surface area contributed by atoms with Crippen molar-refractivity contribution in [3.8, 4) is 11.5 Å². The molecule has 5 nitrogen and oxygen atoms in total. The molecule has 3 heterocycles. The fraction of sp³-hybridized carbons (Fsp3) is 0.500. The Morgan fingerprint density at radius 3 is 2.67 bits per heavy atom. The summed E-state index contributed by atoms with van der Waals surface area (Å²) in [4.78, 5) is 9.49. The summed E-state index contributed by atoms with van der Waals surface area (Å²) in [6.45, 7) is 5.44. The molecule has 1 unspecified atom stereocenters. The molecule has 2 aliphatic heterocycles. The van der Waals surface area contributed by atoms with Gasteiger partial charge in [0.15, 0.2) is 11.5 Å². The van der Waals surface area contributed by atoms with E-state index in [0.717, 1.165) is 44.1 Å². The number of piperidine rings is 1. The molecule has 2 aromatic rings. The zero-order valence-electron chi connectivity index (χ0n) is 16.4. The summed E-state index contributed by atoms with van der Waals surface area (Å²) >= 11 is 0. The number of pyridine rings is 1. The highest BCUT2D eigenvalue weighted by Crippen LogP contribution is 2.34. The van der Waals surface area contributed by atoms with E-state index in [1.807, 2.05) is 18.5 Å². The number of nitrogens with zero attached hydrogens (tertiary/aromatic N) is 3. The maximum absolute atomic E-state index is 5.51. The lowest BCUT2D eigenvalue weighted by Gasteiger charge is -2.41. The molecule has 1 aromatic carbocycles. The third-order valence-corrected chi connectivity index (χ3v) is 5.87. The predicted molar refractivity (Wildman–Crippen MR) is 106 cm³/mol. The Hall–Kier alpha value is -2.11. The predicted octanol–water partition coefficient (Wildman–Crippen LogP) is 3.12. The summed E-state index contributed by atoms with van der Waals surface area (Å²) < 4.78 is 11.0. The van der Waals surface area contributed by atoms with Crippen molar-refractivity contribution in [2.24, 2.45) is 0 Å². The first kappa shape index (κ1) is 18.3. The Morgan fingerprint density at radius 2 is 1.93 bits per heavy atom. The molecular weight excluding hydrogens is 338 g/mol. The van der Waals surface area contributed by atoms with Crippen molar-refractivity contribution in [1.29, 1.82) is 0 Å². The van der Waals surface area contributed by atoms with Gasteiger partial charge in [0, 0.05) is 44.6 Å². The van der Waals surface area contributed by atoms with Gasteiger partial charge in [-0.2, -0.15) is 0 Å². The van der Waals surface area contributed by atoms with Crippen LogP contribution in [0.25, 0.3) is 0 Å². The molecule has 0 saturated carbocycles. The molecule has 5 heteroatoms. The second kappa shape index (κ2) is 8.28. The van der Waals surface area contributed by atoms with Gasteiger partial charge in [-0.3, -0.25) is 14.8 Å². The molecular formula is C22H29N3O2. The number of hydrogen-bond donors (Lipinski definition) is 0. The minimum atomic E-state index is 0.622. The van der Waals surface area contributed by atoms with Crippen LogP contribution in [-0.4, -0.2) is 54.7 Å². The first-order chi connectivity index (χ1) is 13.3. The molecule has 0 bridgehead atoms. The van der Waals surface area contributed by atoms with Crippen LogP contribution in [0, 0.1) is 0 Å². The summed E-state index contributed by atoms with van der Waals surface area (Å²) in [5.74, 6) is 1.67. The monoisotopic (exact) mass is 367 g/mol. The molecule has 0 radical (unpaired) electrons. The Labute approximate surface area is 161 Å². The molecule has 27 heavy (non-hydrogen) atoms. The maximum atomic E-state index is 5.51. The standard InChI is InChI=1S/C22H29N3O2/c1-26-21-11-18-7-10-25(15-19(18)12-22(21)27-2)20-6-4-9-24(16-20)14-17-5-3-8-23-13-17/h3,5,8,11-13,20H,4,6-7,9-10,14-16H2,1-2H3. The van der Waals surface area contributed by atoms with Crippen LogP contribution in [0.2, 0.25) is 0 Å². The number of aromatic nitrogens is 1. The van der Waals surface area contributed by atoms with Gasteiger partial charge in [0.05, 0.1) is 14.2 Å². The van der Waals surface area contributed by atoms with E-state index >= 15 is 0 Å². The van der Waals surface area contributed by atoms with Gasteiger partial charge in [0.2, 0.25) is 0 Å². The third kappa shape index (κ3) is 4.09. The quantitative estimate of drug-likeness (QED) is 0.812. The van der Waals surface area contributed by atoms with Gasteiger partial charge in [0.25, 0.3) is 0 Å². The average molecular weight is 367 g/mol. The van der Waals surface area contributed by atoms with E-state index < -0.39 is 0 Å². The molecule has 1 atom stereocenters. The topological polar surface area (TPSA) is 37.8 Å². The Morgan fingerprint density at radius 1 is 1.11 bits per heavy atom. The summed E-state index contributed by atoms with van der Waals surface area (Å²) in [7, 11) is 3.42. The van der Waals surface area contributed by atoms with Crippen molar-refractivity contribution < 1.29 is 9.47 Å². The highest BCUT2D eigenvalue weighted by atomic mass is 16.5. The van der Waals surface area contributed by atoms with Crippen molar-refractivity contribution in [2.75, 3.05) is 33.9 Å².